The molecule has 1 aromatic carbocycles. The Morgan fingerprint density at radius 2 is 2.00 bits per heavy atom. The second-order valence-corrected chi connectivity index (χ2v) is 3.10. The zero-order valence-corrected chi connectivity index (χ0v) is 7.69. The van der Waals surface area contributed by atoms with Crippen LogP contribution in [0.3, 0.4) is 0 Å². The summed E-state index contributed by atoms with van der Waals surface area (Å²) in [5, 5.41) is 18.5. The van der Waals surface area contributed by atoms with E-state index in [2.05, 4.69) is 0 Å². The topological polar surface area (TPSA) is 58.9 Å². The Morgan fingerprint density at radius 1 is 1.21 bits per heavy atom. The second kappa shape index (κ2) is 3.75. The molecule has 1 aromatic rings. The summed E-state index contributed by atoms with van der Waals surface area (Å²) in [6, 6.07) is 3.15. The molecule has 0 atom stereocenters. The minimum absolute atomic E-state index is 0.0387. The number of hydrogen-bond acceptors (Lipinski definition) is 4. The molecule has 4 nitrogen and oxygen atoms in total. The van der Waals surface area contributed by atoms with E-state index in [1.165, 1.54) is 6.07 Å². The van der Waals surface area contributed by atoms with E-state index >= 15 is 0 Å². The molecule has 2 N–H and O–H groups in total. The maximum absolute atomic E-state index is 9.46. The fraction of sp³-hybridized carbons (Fsp3) is 0.400. The summed E-state index contributed by atoms with van der Waals surface area (Å²) in [7, 11) is 0. The lowest BCUT2D eigenvalue weighted by atomic mass is 10.1. The highest BCUT2D eigenvalue weighted by Gasteiger charge is 2.17. The van der Waals surface area contributed by atoms with Crippen molar-refractivity contribution < 1.29 is 19.7 Å². The van der Waals surface area contributed by atoms with Gasteiger partial charge in [-0.25, -0.2) is 0 Å². The van der Waals surface area contributed by atoms with E-state index in [1.807, 2.05) is 0 Å². The summed E-state index contributed by atoms with van der Waals surface area (Å²) in [5.74, 6) is 1.09. The van der Waals surface area contributed by atoms with Gasteiger partial charge in [0.2, 0.25) is 0 Å². The number of rotatable bonds is 1. The second-order valence-electron chi connectivity index (χ2n) is 3.10. The quantitative estimate of drug-likeness (QED) is 0.704. The number of ether oxygens (including phenoxy) is 2. The SMILES string of the molecule is OCc1c(O)ccc2c1OCCCO2. The van der Waals surface area contributed by atoms with Gasteiger partial charge in [0.25, 0.3) is 0 Å². The fourth-order valence-electron chi connectivity index (χ4n) is 1.44. The molecular formula is C10H12O4. The third kappa shape index (κ3) is 1.48. The summed E-state index contributed by atoms with van der Waals surface area (Å²) in [5.41, 5.74) is 0.393. The molecule has 2 rings (SSSR count). The molecule has 0 unspecified atom stereocenters. The molecule has 1 heterocycles. The van der Waals surface area contributed by atoms with Gasteiger partial charge in [-0.1, -0.05) is 0 Å². The first-order valence-corrected chi connectivity index (χ1v) is 4.54. The highest BCUT2D eigenvalue weighted by molar-refractivity contribution is 5.53. The Hall–Kier alpha value is -1.42. The van der Waals surface area contributed by atoms with Gasteiger partial charge < -0.3 is 19.7 Å². The lowest BCUT2D eigenvalue weighted by molar-refractivity contribution is 0.258. The van der Waals surface area contributed by atoms with Crippen LogP contribution in [0.2, 0.25) is 0 Å². The van der Waals surface area contributed by atoms with Crippen LogP contribution < -0.4 is 9.47 Å². The molecule has 4 heteroatoms. The molecule has 1 aliphatic rings. The van der Waals surface area contributed by atoms with Crippen LogP contribution >= 0.6 is 0 Å². The smallest absolute Gasteiger partial charge is 0.170 e. The van der Waals surface area contributed by atoms with Crippen molar-refractivity contribution in [2.75, 3.05) is 13.2 Å². The van der Waals surface area contributed by atoms with Gasteiger partial charge in [-0.2, -0.15) is 0 Å². The van der Waals surface area contributed by atoms with Crippen molar-refractivity contribution >= 4 is 0 Å². The first-order chi connectivity index (χ1) is 6.83. The summed E-state index contributed by atoms with van der Waals surface area (Å²) in [4.78, 5) is 0. The first kappa shape index (κ1) is 9.15. The molecule has 0 saturated carbocycles. The predicted molar refractivity (Wildman–Crippen MR) is 49.6 cm³/mol. The van der Waals surface area contributed by atoms with E-state index in [9.17, 15) is 5.11 Å². The third-order valence-corrected chi connectivity index (χ3v) is 2.15. The Balaban J connectivity index is 2.48. The van der Waals surface area contributed by atoms with Crippen molar-refractivity contribution in [3.8, 4) is 17.2 Å². The normalized spacial score (nSPS) is 14.9. The average Bonchev–Trinajstić information content (AvgIpc) is 2.42. The maximum Gasteiger partial charge on any atom is 0.170 e. The number of aromatic hydroxyl groups is 1. The van der Waals surface area contributed by atoms with Crippen LogP contribution in [0.4, 0.5) is 0 Å². The van der Waals surface area contributed by atoms with Crippen LogP contribution in [0, 0.1) is 0 Å². The molecular weight excluding hydrogens is 184 g/mol. The maximum atomic E-state index is 9.46. The van der Waals surface area contributed by atoms with E-state index in [1.54, 1.807) is 6.07 Å². The minimum Gasteiger partial charge on any atom is -0.507 e. The monoisotopic (exact) mass is 196 g/mol. The summed E-state index contributed by atoms with van der Waals surface area (Å²) in [6.45, 7) is 0.893. The van der Waals surface area contributed by atoms with Gasteiger partial charge in [0.05, 0.1) is 25.4 Å². The average molecular weight is 196 g/mol. The number of aliphatic hydroxyl groups excluding tert-OH is 1. The van der Waals surface area contributed by atoms with Gasteiger partial charge in [0.1, 0.15) is 5.75 Å². The highest BCUT2D eigenvalue weighted by Crippen LogP contribution is 2.38. The minimum atomic E-state index is -0.252. The highest BCUT2D eigenvalue weighted by atomic mass is 16.5. The van der Waals surface area contributed by atoms with E-state index < -0.39 is 0 Å². The fourth-order valence-corrected chi connectivity index (χ4v) is 1.44. The van der Waals surface area contributed by atoms with Crippen molar-refractivity contribution in [3.63, 3.8) is 0 Å². The van der Waals surface area contributed by atoms with Crippen molar-refractivity contribution in [2.24, 2.45) is 0 Å². The van der Waals surface area contributed by atoms with Gasteiger partial charge >= 0.3 is 0 Å². The van der Waals surface area contributed by atoms with Crippen LogP contribution in [0.5, 0.6) is 17.2 Å². The van der Waals surface area contributed by atoms with Crippen LogP contribution in [0.15, 0.2) is 12.1 Å². The van der Waals surface area contributed by atoms with E-state index in [4.69, 9.17) is 14.6 Å². The number of benzene rings is 1. The van der Waals surface area contributed by atoms with Crippen LogP contribution in [0.25, 0.3) is 0 Å². The molecule has 0 bridgehead atoms. The lowest BCUT2D eigenvalue weighted by Crippen LogP contribution is -1.98. The third-order valence-electron chi connectivity index (χ3n) is 2.15. The molecule has 0 fully saturated rings. The number of aliphatic hydroxyl groups is 1. The molecule has 0 amide bonds. The molecule has 14 heavy (non-hydrogen) atoms. The summed E-state index contributed by atoms with van der Waals surface area (Å²) < 4.78 is 10.8. The number of hydrogen-bond donors (Lipinski definition) is 2. The molecule has 1 aliphatic heterocycles. The van der Waals surface area contributed by atoms with Crippen molar-refractivity contribution in [3.05, 3.63) is 17.7 Å². The van der Waals surface area contributed by atoms with Crippen molar-refractivity contribution in [1.82, 2.24) is 0 Å². The van der Waals surface area contributed by atoms with Gasteiger partial charge in [0, 0.05) is 6.42 Å². The molecule has 0 aliphatic carbocycles. The van der Waals surface area contributed by atoms with Gasteiger partial charge in [0.15, 0.2) is 11.5 Å². The lowest BCUT2D eigenvalue weighted by Gasteiger charge is -2.11. The molecule has 76 valence electrons. The Morgan fingerprint density at radius 3 is 2.79 bits per heavy atom. The van der Waals surface area contributed by atoms with Crippen LogP contribution in [0.1, 0.15) is 12.0 Å². The van der Waals surface area contributed by atoms with Gasteiger partial charge in [-0.05, 0) is 12.1 Å². The largest absolute Gasteiger partial charge is 0.507 e. The van der Waals surface area contributed by atoms with Crippen LogP contribution in [-0.2, 0) is 6.61 Å². The zero-order valence-electron chi connectivity index (χ0n) is 7.69. The predicted octanol–water partition coefficient (Wildman–Crippen LogP) is 1.05. The number of phenols is 1. The Bertz CT molecular complexity index is 335. The Labute approximate surface area is 81.7 Å². The standard InChI is InChI=1S/C10H12O4/c11-6-7-8(12)2-3-9-10(7)14-5-1-4-13-9/h2-3,11-12H,1,4-6H2. The summed E-state index contributed by atoms with van der Waals surface area (Å²) in [6.07, 6.45) is 0.806. The Kier molecular flexibility index (Phi) is 2.45. The van der Waals surface area contributed by atoms with Crippen LogP contribution in [-0.4, -0.2) is 23.4 Å². The van der Waals surface area contributed by atoms with E-state index in [-0.39, 0.29) is 12.4 Å². The summed E-state index contributed by atoms with van der Waals surface area (Å²) >= 11 is 0. The van der Waals surface area contributed by atoms with Crippen molar-refractivity contribution in [2.45, 2.75) is 13.0 Å². The van der Waals surface area contributed by atoms with E-state index in [0.717, 1.165) is 6.42 Å². The van der Waals surface area contributed by atoms with Gasteiger partial charge in [-0.15, -0.1) is 0 Å². The van der Waals surface area contributed by atoms with Crippen molar-refractivity contribution in [1.29, 1.82) is 0 Å². The molecule has 0 saturated heterocycles. The molecule has 0 spiro atoms. The van der Waals surface area contributed by atoms with E-state index in [0.29, 0.717) is 30.3 Å². The number of fused-ring (bicyclic) bond motifs is 1. The zero-order chi connectivity index (χ0) is 9.97. The van der Waals surface area contributed by atoms with Gasteiger partial charge in [-0.3, -0.25) is 0 Å². The molecule has 0 radical (unpaired) electrons. The first-order valence-electron chi connectivity index (χ1n) is 4.54. The molecule has 0 aromatic heterocycles.